The molecule has 7 heteroatoms. The third-order valence-electron chi connectivity index (χ3n) is 5.43. The molecule has 0 aliphatic heterocycles. The van der Waals surface area contributed by atoms with Crippen molar-refractivity contribution in [2.45, 2.75) is 6.54 Å². The number of nitrogens with one attached hydrogen (secondary N) is 2. The SMILES string of the molecule is COc1ccccc1CNc1ccc2nc(-c3ccccc3F)nc(Nc3ccncc3)c2c1. The Hall–Kier alpha value is -4.52. The first-order valence-corrected chi connectivity index (χ1v) is 10.8. The number of aromatic nitrogens is 3. The molecule has 2 heterocycles. The minimum atomic E-state index is -0.369. The predicted octanol–water partition coefficient (Wildman–Crippen LogP) is 6.20. The minimum absolute atomic E-state index is 0.317. The van der Waals surface area contributed by atoms with E-state index in [1.165, 1.54) is 6.07 Å². The summed E-state index contributed by atoms with van der Waals surface area (Å²) in [6.07, 6.45) is 3.40. The number of nitrogens with zero attached hydrogens (tertiary/aromatic N) is 3. The average molecular weight is 452 g/mol. The lowest BCUT2D eigenvalue weighted by molar-refractivity contribution is 0.410. The van der Waals surface area contributed by atoms with E-state index in [4.69, 9.17) is 4.74 Å². The molecule has 0 unspecified atom stereocenters. The van der Waals surface area contributed by atoms with Gasteiger partial charge in [0.25, 0.3) is 0 Å². The van der Waals surface area contributed by atoms with Crippen LogP contribution in [0.1, 0.15) is 5.56 Å². The molecule has 0 amide bonds. The van der Waals surface area contributed by atoms with E-state index >= 15 is 0 Å². The predicted molar refractivity (Wildman–Crippen MR) is 133 cm³/mol. The highest BCUT2D eigenvalue weighted by atomic mass is 19.1. The number of fused-ring (bicyclic) bond motifs is 1. The summed E-state index contributed by atoms with van der Waals surface area (Å²) in [7, 11) is 1.66. The maximum atomic E-state index is 14.5. The fourth-order valence-corrected chi connectivity index (χ4v) is 3.71. The van der Waals surface area contributed by atoms with E-state index in [1.807, 2.05) is 54.6 Å². The van der Waals surface area contributed by atoms with Gasteiger partial charge in [-0.2, -0.15) is 0 Å². The Bertz CT molecular complexity index is 1440. The van der Waals surface area contributed by atoms with Gasteiger partial charge in [-0.3, -0.25) is 4.98 Å². The first-order chi connectivity index (χ1) is 16.7. The summed E-state index contributed by atoms with van der Waals surface area (Å²) in [5, 5.41) is 7.58. The van der Waals surface area contributed by atoms with Crippen LogP contribution in [0.5, 0.6) is 5.75 Å². The van der Waals surface area contributed by atoms with Crippen LogP contribution in [0.25, 0.3) is 22.3 Å². The van der Waals surface area contributed by atoms with Gasteiger partial charge >= 0.3 is 0 Å². The zero-order valence-electron chi connectivity index (χ0n) is 18.5. The summed E-state index contributed by atoms with van der Waals surface area (Å²) >= 11 is 0. The molecule has 3 aromatic carbocycles. The van der Waals surface area contributed by atoms with Gasteiger partial charge in [0.15, 0.2) is 5.82 Å². The zero-order valence-corrected chi connectivity index (χ0v) is 18.5. The molecule has 6 nitrogen and oxygen atoms in total. The first kappa shape index (κ1) is 21.3. The van der Waals surface area contributed by atoms with E-state index in [0.717, 1.165) is 28.1 Å². The number of pyridine rings is 1. The number of benzene rings is 3. The van der Waals surface area contributed by atoms with E-state index in [9.17, 15) is 4.39 Å². The Balaban J connectivity index is 1.54. The number of anilines is 3. The van der Waals surface area contributed by atoms with Crippen LogP contribution >= 0.6 is 0 Å². The Kier molecular flexibility index (Phi) is 5.99. The Morgan fingerprint density at radius 2 is 1.65 bits per heavy atom. The third kappa shape index (κ3) is 4.49. The topological polar surface area (TPSA) is 72.0 Å². The van der Waals surface area contributed by atoms with Gasteiger partial charge in [-0.15, -0.1) is 0 Å². The van der Waals surface area contributed by atoms with Crippen LogP contribution in [0, 0.1) is 5.82 Å². The molecule has 0 saturated heterocycles. The van der Waals surface area contributed by atoms with Gasteiger partial charge < -0.3 is 15.4 Å². The summed E-state index contributed by atoms with van der Waals surface area (Å²) in [5.74, 6) is 1.35. The number of para-hydroxylation sites is 1. The summed E-state index contributed by atoms with van der Waals surface area (Å²) in [6.45, 7) is 0.594. The maximum absolute atomic E-state index is 14.5. The lowest BCUT2D eigenvalue weighted by Crippen LogP contribution is -2.03. The smallest absolute Gasteiger partial charge is 0.165 e. The van der Waals surface area contributed by atoms with Crippen molar-refractivity contribution in [3.63, 3.8) is 0 Å². The molecule has 5 rings (SSSR count). The maximum Gasteiger partial charge on any atom is 0.165 e. The molecule has 5 aromatic rings. The molecule has 2 aromatic heterocycles. The molecule has 34 heavy (non-hydrogen) atoms. The molecule has 2 N–H and O–H groups in total. The standard InChI is InChI=1S/C27H22FN5O/c1-34-25-9-5-2-6-18(25)17-30-20-10-11-24-22(16-20)27(31-19-12-14-29-15-13-19)33-26(32-24)21-7-3-4-8-23(21)28/h2-16,30H,17H2,1H3,(H,29,31,32,33). The van der Waals surface area contributed by atoms with Crippen molar-refractivity contribution in [3.05, 3.63) is 103 Å². The van der Waals surface area contributed by atoms with Crippen LogP contribution in [0.15, 0.2) is 91.3 Å². The molecule has 0 atom stereocenters. The van der Waals surface area contributed by atoms with E-state index in [1.54, 1.807) is 37.7 Å². The normalized spacial score (nSPS) is 10.8. The molecular weight excluding hydrogens is 429 g/mol. The largest absolute Gasteiger partial charge is 0.496 e. The van der Waals surface area contributed by atoms with Crippen molar-refractivity contribution in [2.24, 2.45) is 0 Å². The van der Waals surface area contributed by atoms with Gasteiger partial charge in [-0.05, 0) is 48.5 Å². The van der Waals surface area contributed by atoms with Gasteiger partial charge in [0, 0.05) is 41.3 Å². The van der Waals surface area contributed by atoms with Crippen molar-refractivity contribution in [3.8, 4) is 17.1 Å². The molecule has 0 fully saturated rings. The molecular formula is C27H22FN5O. The van der Waals surface area contributed by atoms with E-state index in [2.05, 4.69) is 25.6 Å². The van der Waals surface area contributed by atoms with Crippen molar-refractivity contribution < 1.29 is 9.13 Å². The van der Waals surface area contributed by atoms with Crippen LogP contribution in [-0.4, -0.2) is 22.1 Å². The fourth-order valence-electron chi connectivity index (χ4n) is 3.71. The molecule has 0 saturated carbocycles. The summed E-state index contributed by atoms with van der Waals surface area (Å²) in [6, 6.07) is 23.9. The quantitative estimate of drug-likeness (QED) is 0.307. The summed E-state index contributed by atoms with van der Waals surface area (Å²) in [5.41, 5.74) is 3.82. The molecule has 0 radical (unpaired) electrons. The minimum Gasteiger partial charge on any atom is -0.496 e. The van der Waals surface area contributed by atoms with Crippen LogP contribution in [0.4, 0.5) is 21.6 Å². The average Bonchev–Trinajstić information content (AvgIpc) is 2.88. The van der Waals surface area contributed by atoms with Gasteiger partial charge in [0.05, 0.1) is 18.2 Å². The zero-order chi connectivity index (χ0) is 23.3. The van der Waals surface area contributed by atoms with E-state index in [0.29, 0.717) is 29.3 Å². The molecule has 0 aliphatic rings. The molecule has 0 bridgehead atoms. The van der Waals surface area contributed by atoms with Crippen molar-refractivity contribution in [1.29, 1.82) is 0 Å². The second-order valence-corrected chi connectivity index (χ2v) is 7.63. The van der Waals surface area contributed by atoms with Gasteiger partial charge in [0.2, 0.25) is 0 Å². The lowest BCUT2D eigenvalue weighted by Gasteiger charge is -2.14. The number of ether oxygens (including phenoxy) is 1. The molecule has 0 aliphatic carbocycles. The highest BCUT2D eigenvalue weighted by Gasteiger charge is 2.14. The summed E-state index contributed by atoms with van der Waals surface area (Å²) < 4.78 is 19.9. The van der Waals surface area contributed by atoms with Gasteiger partial charge in [-0.25, -0.2) is 14.4 Å². The van der Waals surface area contributed by atoms with Crippen LogP contribution in [0.2, 0.25) is 0 Å². The van der Waals surface area contributed by atoms with Crippen LogP contribution in [-0.2, 0) is 6.54 Å². The Morgan fingerprint density at radius 3 is 2.47 bits per heavy atom. The monoisotopic (exact) mass is 451 g/mol. The first-order valence-electron chi connectivity index (χ1n) is 10.8. The van der Waals surface area contributed by atoms with Crippen molar-refractivity contribution in [1.82, 2.24) is 15.0 Å². The van der Waals surface area contributed by atoms with Crippen LogP contribution in [0.3, 0.4) is 0 Å². The van der Waals surface area contributed by atoms with E-state index < -0.39 is 0 Å². The number of hydrogen-bond acceptors (Lipinski definition) is 6. The summed E-state index contributed by atoms with van der Waals surface area (Å²) in [4.78, 5) is 13.4. The van der Waals surface area contributed by atoms with Crippen molar-refractivity contribution in [2.75, 3.05) is 17.7 Å². The third-order valence-corrected chi connectivity index (χ3v) is 5.43. The highest BCUT2D eigenvalue weighted by molar-refractivity contribution is 5.94. The van der Waals surface area contributed by atoms with E-state index in [-0.39, 0.29) is 5.82 Å². The number of rotatable bonds is 7. The number of methoxy groups -OCH3 is 1. The Morgan fingerprint density at radius 1 is 0.853 bits per heavy atom. The number of hydrogen-bond donors (Lipinski definition) is 2. The molecule has 0 spiro atoms. The second-order valence-electron chi connectivity index (χ2n) is 7.63. The molecule has 168 valence electrons. The van der Waals surface area contributed by atoms with Crippen molar-refractivity contribution >= 4 is 28.1 Å². The number of halogens is 1. The highest BCUT2D eigenvalue weighted by Crippen LogP contribution is 2.30. The Labute approximate surface area is 196 Å². The second kappa shape index (κ2) is 9.54. The van der Waals surface area contributed by atoms with Crippen LogP contribution < -0.4 is 15.4 Å². The lowest BCUT2D eigenvalue weighted by atomic mass is 10.1. The van der Waals surface area contributed by atoms with Gasteiger partial charge in [-0.1, -0.05) is 30.3 Å². The van der Waals surface area contributed by atoms with Gasteiger partial charge in [0.1, 0.15) is 17.4 Å². The fraction of sp³-hybridized carbons (Fsp3) is 0.0741.